The van der Waals surface area contributed by atoms with E-state index in [1.54, 1.807) is 0 Å². The first-order chi connectivity index (χ1) is 9.75. The molecule has 1 N–H and O–H groups in total. The number of rotatable bonds is 3. The fourth-order valence-electron chi connectivity index (χ4n) is 2.33. The lowest BCUT2D eigenvalue weighted by Gasteiger charge is -2.12. The quantitative estimate of drug-likeness (QED) is 0.739. The highest BCUT2D eigenvalue weighted by Crippen LogP contribution is 2.25. The predicted octanol–water partition coefficient (Wildman–Crippen LogP) is 4.92. The van der Waals surface area contributed by atoms with Crippen molar-refractivity contribution >= 4 is 32.4 Å². The first-order valence-corrected chi connectivity index (χ1v) is 7.35. The Morgan fingerprint density at radius 2 is 1.95 bits per heavy atom. The van der Waals surface area contributed by atoms with Crippen molar-refractivity contribution in [2.45, 2.75) is 13.5 Å². The van der Waals surface area contributed by atoms with Crippen molar-refractivity contribution in [3.8, 4) is 0 Å². The van der Waals surface area contributed by atoms with Crippen LogP contribution in [0.2, 0.25) is 0 Å². The summed E-state index contributed by atoms with van der Waals surface area (Å²) in [4.78, 5) is 4.17. The summed E-state index contributed by atoms with van der Waals surface area (Å²) >= 11 is 3.56. The van der Waals surface area contributed by atoms with Crippen LogP contribution < -0.4 is 5.32 Å². The molecule has 3 rings (SSSR count). The number of nitrogens with zero attached hydrogens (tertiary/aromatic N) is 1. The lowest BCUT2D eigenvalue weighted by atomic mass is 10.1. The Hall–Kier alpha value is -1.87. The van der Waals surface area contributed by atoms with Crippen molar-refractivity contribution in [1.29, 1.82) is 0 Å². The second-order valence-electron chi connectivity index (χ2n) is 4.78. The fraction of sp³-hybridized carbons (Fsp3) is 0.118. The zero-order chi connectivity index (χ0) is 13.9. The van der Waals surface area contributed by atoms with E-state index in [1.165, 1.54) is 21.9 Å². The molecule has 0 aliphatic heterocycles. The highest BCUT2D eigenvalue weighted by Gasteiger charge is 2.03. The summed E-state index contributed by atoms with van der Waals surface area (Å²) in [5.74, 6) is 0. The van der Waals surface area contributed by atoms with E-state index in [1.807, 2.05) is 18.5 Å². The third-order valence-corrected chi connectivity index (χ3v) is 4.37. The maximum Gasteiger partial charge on any atom is 0.0407 e. The van der Waals surface area contributed by atoms with Gasteiger partial charge in [-0.05, 0) is 41.6 Å². The summed E-state index contributed by atoms with van der Waals surface area (Å²) < 4.78 is 1.13. The van der Waals surface area contributed by atoms with Crippen LogP contribution >= 0.6 is 15.9 Å². The van der Waals surface area contributed by atoms with Gasteiger partial charge in [0, 0.05) is 34.5 Å². The molecule has 0 radical (unpaired) electrons. The molecule has 0 fully saturated rings. The molecule has 0 saturated carbocycles. The van der Waals surface area contributed by atoms with Crippen LogP contribution in [0.5, 0.6) is 0 Å². The SMILES string of the molecule is Cc1c(Br)cccc1NCc1cccc2cnccc12. The molecule has 3 aromatic rings. The molecule has 0 saturated heterocycles. The Morgan fingerprint density at radius 1 is 1.10 bits per heavy atom. The summed E-state index contributed by atoms with van der Waals surface area (Å²) in [6.07, 6.45) is 3.75. The van der Waals surface area contributed by atoms with E-state index in [-0.39, 0.29) is 0 Å². The minimum Gasteiger partial charge on any atom is -0.381 e. The molecular formula is C17H15BrN2. The van der Waals surface area contributed by atoms with Crippen molar-refractivity contribution in [2.24, 2.45) is 0 Å². The van der Waals surface area contributed by atoms with E-state index in [9.17, 15) is 0 Å². The van der Waals surface area contributed by atoms with Gasteiger partial charge in [0.1, 0.15) is 0 Å². The van der Waals surface area contributed by atoms with E-state index < -0.39 is 0 Å². The smallest absolute Gasteiger partial charge is 0.0407 e. The van der Waals surface area contributed by atoms with Crippen LogP contribution in [0.4, 0.5) is 5.69 Å². The third-order valence-electron chi connectivity index (χ3n) is 3.51. The Bertz CT molecular complexity index is 748. The maximum atomic E-state index is 4.17. The number of benzene rings is 2. The summed E-state index contributed by atoms with van der Waals surface area (Å²) in [6.45, 7) is 2.91. The van der Waals surface area contributed by atoms with Crippen LogP contribution in [0.1, 0.15) is 11.1 Å². The number of hydrogen-bond acceptors (Lipinski definition) is 2. The largest absolute Gasteiger partial charge is 0.381 e. The van der Waals surface area contributed by atoms with Crippen molar-refractivity contribution in [2.75, 3.05) is 5.32 Å². The number of halogens is 1. The van der Waals surface area contributed by atoms with Crippen molar-refractivity contribution in [3.05, 3.63) is 70.5 Å². The second kappa shape index (κ2) is 5.63. The van der Waals surface area contributed by atoms with Gasteiger partial charge in [-0.2, -0.15) is 0 Å². The monoisotopic (exact) mass is 326 g/mol. The normalized spacial score (nSPS) is 10.7. The molecule has 1 aromatic heterocycles. The average Bonchev–Trinajstić information content (AvgIpc) is 2.49. The first-order valence-electron chi connectivity index (χ1n) is 6.56. The van der Waals surface area contributed by atoms with Crippen molar-refractivity contribution < 1.29 is 0 Å². The maximum absolute atomic E-state index is 4.17. The van der Waals surface area contributed by atoms with E-state index in [0.29, 0.717) is 0 Å². The van der Waals surface area contributed by atoms with Gasteiger partial charge in [-0.15, -0.1) is 0 Å². The molecule has 0 aliphatic carbocycles. The van der Waals surface area contributed by atoms with Gasteiger partial charge in [0.05, 0.1) is 0 Å². The lowest BCUT2D eigenvalue weighted by Crippen LogP contribution is -2.02. The highest BCUT2D eigenvalue weighted by molar-refractivity contribution is 9.10. The zero-order valence-corrected chi connectivity index (χ0v) is 12.8. The molecule has 3 heteroatoms. The summed E-state index contributed by atoms with van der Waals surface area (Å²) in [5.41, 5.74) is 3.67. The molecule has 0 amide bonds. The Labute approximate surface area is 127 Å². The molecule has 0 atom stereocenters. The number of fused-ring (bicyclic) bond motifs is 1. The fourth-order valence-corrected chi connectivity index (χ4v) is 2.70. The summed E-state index contributed by atoms with van der Waals surface area (Å²) in [5, 5.41) is 5.94. The molecule has 0 unspecified atom stereocenters. The van der Waals surface area contributed by atoms with Crippen molar-refractivity contribution in [3.63, 3.8) is 0 Å². The standard InChI is InChI=1S/C17H15BrN2/c1-12-16(18)6-3-7-17(12)20-11-14-5-2-4-13-10-19-9-8-15(13)14/h2-10,20H,11H2,1H3. The molecule has 0 aliphatic rings. The molecule has 0 bridgehead atoms. The van der Waals surface area contributed by atoms with E-state index in [4.69, 9.17) is 0 Å². The molecule has 2 aromatic carbocycles. The van der Waals surface area contributed by atoms with Crippen LogP contribution in [-0.2, 0) is 6.54 Å². The number of anilines is 1. The van der Waals surface area contributed by atoms with Crippen LogP contribution in [0.15, 0.2) is 59.3 Å². The number of pyridine rings is 1. The van der Waals surface area contributed by atoms with Crippen molar-refractivity contribution in [1.82, 2.24) is 4.98 Å². The topological polar surface area (TPSA) is 24.9 Å². The van der Waals surface area contributed by atoms with Gasteiger partial charge in [0.25, 0.3) is 0 Å². The predicted molar refractivity (Wildman–Crippen MR) is 87.9 cm³/mol. The molecule has 0 spiro atoms. The van der Waals surface area contributed by atoms with Gasteiger partial charge in [0.15, 0.2) is 0 Å². The van der Waals surface area contributed by atoms with E-state index in [0.717, 1.165) is 16.7 Å². The second-order valence-corrected chi connectivity index (χ2v) is 5.63. The third kappa shape index (κ3) is 2.54. The molecule has 100 valence electrons. The van der Waals surface area contributed by atoms with Gasteiger partial charge >= 0.3 is 0 Å². The first kappa shape index (κ1) is 13.1. The summed E-state index contributed by atoms with van der Waals surface area (Å²) in [7, 11) is 0. The van der Waals surface area contributed by atoms with Gasteiger partial charge in [-0.1, -0.05) is 40.2 Å². The molecular weight excluding hydrogens is 312 g/mol. The zero-order valence-electron chi connectivity index (χ0n) is 11.2. The van der Waals surface area contributed by atoms with E-state index in [2.05, 4.69) is 69.6 Å². The lowest BCUT2D eigenvalue weighted by molar-refractivity contribution is 1.15. The molecule has 2 nitrogen and oxygen atoms in total. The minimum atomic E-state index is 0.804. The molecule has 1 heterocycles. The van der Waals surface area contributed by atoms with E-state index >= 15 is 0 Å². The number of hydrogen-bond donors (Lipinski definition) is 1. The Balaban J connectivity index is 1.89. The van der Waals surface area contributed by atoms with Gasteiger partial charge in [-0.3, -0.25) is 4.98 Å². The Morgan fingerprint density at radius 3 is 2.85 bits per heavy atom. The number of nitrogens with one attached hydrogen (secondary N) is 1. The number of aromatic nitrogens is 1. The van der Waals surface area contributed by atoms with Crippen LogP contribution in [0.25, 0.3) is 10.8 Å². The van der Waals surface area contributed by atoms with Gasteiger partial charge in [-0.25, -0.2) is 0 Å². The highest BCUT2D eigenvalue weighted by atomic mass is 79.9. The van der Waals surface area contributed by atoms with Gasteiger partial charge < -0.3 is 5.32 Å². The Kier molecular flexibility index (Phi) is 3.70. The van der Waals surface area contributed by atoms with Crippen LogP contribution in [-0.4, -0.2) is 4.98 Å². The molecule has 20 heavy (non-hydrogen) atoms. The van der Waals surface area contributed by atoms with Crippen LogP contribution in [0, 0.1) is 6.92 Å². The van der Waals surface area contributed by atoms with Gasteiger partial charge in [0.2, 0.25) is 0 Å². The average molecular weight is 327 g/mol. The minimum absolute atomic E-state index is 0.804. The summed E-state index contributed by atoms with van der Waals surface area (Å²) in [6, 6.07) is 14.6. The van der Waals surface area contributed by atoms with Crippen LogP contribution in [0.3, 0.4) is 0 Å².